The Balaban J connectivity index is 1.85. The maximum atomic E-state index is 12.3. The molecular weight excluding hydrogens is 350 g/mol. The summed E-state index contributed by atoms with van der Waals surface area (Å²) in [5.74, 6) is -0.481. The van der Waals surface area contributed by atoms with Crippen LogP contribution >= 0.6 is 0 Å². The molecule has 0 fully saturated rings. The van der Waals surface area contributed by atoms with Gasteiger partial charge in [0.1, 0.15) is 6.04 Å². The topological polar surface area (TPSA) is 55.4 Å². The van der Waals surface area contributed by atoms with Gasteiger partial charge in [-0.3, -0.25) is 4.79 Å². The lowest BCUT2D eigenvalue weighted by molar-refractivity contribution is -0.145. The first-order chi connectivity index (χ1) is 13.6. The third kappa shape index (κ3) is 7.34. The van der Waals surface area contributed by atoms with Gasteiger partial charge in [0.2, 0.25) is 5.91 Å². The van der Waals surface area contributed by atoms with E-state index >= 15 is 0 Å². The second-order valence-electron chi connectivity index (χ2n) is 7.40. The van der Waals surface area contributed by atoms with Crippen molar-refractivity contribution in [2.75, 3.05) is 7.11 Å². The average molecular weight is 384 g/mol. The Morgan fingerprint density at radius 1 is 0.929 bits per heavy atom. The van der Waals surface area contributed by atoms with Crippen molar-refractivity contribution in [1.29, 1.82) is 0 Å². The van der Waals surface area contributed by atoms with Gasteiger partial charge >= 0.3 is 5.97 Å². The van der Waals surface area contributed by atoms with Gasteiger partial charge in [-0.15, -0.1) is 0 Å². The summed E-state index contributed by atoms with van der Waals surface area (Å²) >= 11 is 0. The number of esters is 1. The highest BCUT2D eigenvalue weighted by Crippen LogP contribution is 2.17. The second-order valence-corrected chi connectivity index (χ2v) is 7.40. The van der Waals surface area contributed by atoms with Gasteiger partial charge < -0.3 is 10.1 Å². The first-order valence-electron chi connectivity index (χ1n) is 10.5. The van der Waals surface area contributed by atoms with Crippen LogP contribution in [0.4, 0.5) is 0 Å². The molecule has 0 aliphatic carbocycles. The number of carbonyl (C=O) groups is 2. The fourth-order valence-electron chi connectivity index (χ4n) is 3.45. The van der Waals surface area contributed by atoms with E-state index in [1.165, 1.54) is 39.2 Å². The lowest BCUT2D eigenvalue weighted by Gasteiger charge is -2.17. The molecule has 0 saturated carbocycles. The molecule has 0 heterocycles. The maximum Gasteiger partial charge on any atom is 0.328 e. The molecule has 2 aromatic rings. The minimum absolute atomic E-state index is 0.0789. The Labute approximate surface area is 168 Å². The van der Waals surface area contributed by atoms with E-state index in [9.17, 15) is 9.59 Å². The SMILES string of the molecule is CCCCCCCCCC(=O)NC(Cc1ccc2ccccc2c1)C(=O)OC. The number of amides is 1. The molecule has 0 saturated heterocycles. The molecule has 0 spiro atoms. The smallest absolute Gasteiger partial charge is 0.328 e. The number of ether oxygens (including phenoxy) is 1. The van der Waals surface area contributed by atoms with E-state index in [2.05, 4.69) is 24.4 Å². The van der Waals surface area contributed by atoms with Crippen LogP contribution in [-0.2, 0) is 20.7 Å². The molecule has 28 heavy (non-hydrogen) atoms. The summed E-state index contributed by atoms with van der Waals surface area (Å²) in [5, 5.41) is 5.14. The van der Waals surface area contributed by atoms with Crippen LogP contribution in [0.3, 0.4) is 0 Å². The molecule has 0 aliphatic heterocycles. The molecule has 1 unspecified atom stereocenters. The molecule has 2 aromatic carbocycles. The van der Waals surface area contributed by atoms with Crippen LogP contribution in [0.2, 0.25) is 0 Å². The van der Waals surface area contributed by atoms with Crippen molar-refractivity contribution in [2.45, 2.75) is 70.8 Å². The normalized spacial score (nSPS) is 11.9. The summed E-state index contributed by atoms with van der Waals surface area (Å²) < 4.78 is 4.90. The van der Waals surface area contributed by atoms with E-state index in [1.54, 1.807) is 0 Å². The molecule has 0 radical (unpaired) electrons. The standard InChI is InChI=1S/C24H33NO3/c1-3-4-5-6-7-8-9-14-23(26)25-22(24(27)28-2)18-19-15-16-20-12-10-11-13-21(20)17-19/h10-13,15-17,22H,3-9,14,18H2,1-2H3,(H,25,26). The van der Waals surface area contributed by atoms with Crippen molar-refractivity contribution in [3.63, 3.8) is 0 Å². The monoisotopic (exact) mass is 383 g/mol. The highest BCUT2D eigenvalue weighted by Gasteiger charge is 2.21. The summed E-state index contributed by atoms with van der Waals surface area (Å²) in [6.07, 6.45) is 9.03. The van der Waals surface area contributed by atoms with Gasteiger partial charge in [-0.1, -0.05) is 87.9 Å². The summed E-state index contributed by atoms with van der Waals surface area (Å²) in [4.78, 5) is 24.4. The van der Waals surface area contributed by atoms with Crippen LogP contribution in [-0.4, -0.2) is 25.0 Å². The first-order valence-corrected chi connectivity index (χ1v) is 10.5. The number of nitrogens with one attached hydrogen (secondary N) is 1. The maximum absolute atomic E-state index is 12.3. The third-order valence-electron chi connectivity index (χ3n) is 5.08. The molecular formula is C24H33NO3. The Morgan fingerprint density at radius 3 is 2.32 bits per heavy atom. The Morgan fingerprint density at radius 2 is 1.61 bits per heavy atom. The van der Waals surface area contributed by atoms with Crippen molar-refractivity contribution >= 4 is 22.6 Å². The van der Waals surface area contributed by atoms with Crippen LogP contribution in [0.5, 0.6) is 0 Å². The second kappa shape index (κ2) is 12.2. The highest BCUT2D eigenvalue weighted by atomic mass is 16.5. The van der Waals surface area contributed by atoms with Crippen molar-refractivity contribution < 1.29 is 14.3 Å². The lowest BCUT2D eigenvalue weighted by atomic mass is 10.0. The van der Waals surface area contributed by atoms with Gasteiger partial charge in [-0.05, 0) is 22.8 Å². The van der Waals surface area contributed by atoms with Crippen LogP contribution in [0, 0.1) is 0 Å². The molecule has 1 amide bonds. The molecule has 1 N–H and O–H groups in total. The van der Waals surface area contributed by atoms with Gasteiger partial charge in [0.05, 0.1) is 7.11 Å². The number of hydrogen-bond donors (Lipinski definition) is 1. The first kappa shape index (κ1) is 21.9. The van der Waals surface area contributed by atoms with E-state index < -0.39 is 12.0 Å². The predicted molar refractivity (Wildman–Crippen MR) is 114 cm³/mol. The molecule has 0 bridgehead atoms. The number of rotatable bonds is 12. The van der Waals surface area contributed by atoms with Gasteiger partial charge in [0, 0.05) is 12.8 Å². The summed E-state index contributed by atoms with van der Waals surface area (Å²) in [7, 11) is 1.36. The molecule has 4 nitrogen and oxygen atoms in total. The zero-order valence-electron chi connectivity index (χ0n) is 17.2. The fourth-order valence-corrected chi connectivity index (χ4v) is 3.45. The number of unbranched alkanes of at least 4 members (excludes halogenated alkanes) is 6. The van der Waals surface area contributed by atoms with E-state index in [0.717, 1.165) is 29.2 Å². The third-order valence-corrected chi connectivity index (χ3v) is 5.08. The molecule has 152 valence electrons. The van der Waals surface area contributed by atoms with Crippen molar-refractivity contribution in [3.8, 4) is 0 Å². The number of hydrogen-bond acceptors (Lipinski definition) is 3. The predicted octanol–water partition coefficient (Wildman–Crippen LogP) is 5.18. The van der Waals surface area contributed by atoms with Crippen molar-refractivity contribution in [1.82, 2.24) is 5.32 Å². The minimum Gasteiger partial charge on any atom is -0.467 e. The minimum atomic E-state index is -0.650. The number of carbonyl (C=O) groups excluding carboxylic acids is 2. The zero-order chi connectivity index (χ0) is 20.2. The van der Waals surface area contributed by atoms with E-state index in [0.29, 0.717) is 12.8 Å². The van der Waals surface area contributed by atoms with Gasteiger partial charge in [-0.25, -0.2) is 4.79 Å². The van der Waals surface area contributed by atoms with Crippen molar-refractivity contribution in [2.24, 2.45) is 0 Å². The van der Waals surface area contributed by atoms with Crippen LogP contribution in [0.1, 0.15) is 63.9 Å². The number of methoxy groups -OCH3 is 1. The highest BCUT2D eigenvalue weighted by molar-refractivity contribution is 5.85. The molecule has 0 aromatic heterocycles. The average Bonchev–Trinajstić information content (AvgIpc) is 2.72. The molecule has 1 atom stereocenters. The Bertz CT molecular complexity index is 756. The quantitative estimate of drug-likeness (QED) is 0.406. The lowest BCUT2D eigenvalue weighted by Crippen LogP contribution is -2.43. The van der Waals surface area contributed by atoms with E-state index in [4.69, 9.17) is 4.74 Å². The van der Waals surface area contributed by atoms with Crippen molar-refractivity contribution in [3.05, 3.63) is 48.0 Å². The molecule has 2 rings (SSSR count). The largest absolute Gasteiger partial charge is 0.467 e. The zero-order valence-corrected chi connectivity index (χ0v) is 17.2. The Kier molecular flexibility index (Phi) is 9.53. The fraction of sp³-hybridized carbons (Fsp3) is 0.500. The van der Waals surface area contributed by atoms with Crippen LogP contribution in [0.25, 0.3) is 10.8 Å². The van der Waals surface area contributed by atoms with Crippen LogP contribution in [0.15, 0.2) is 42.5 Å². The van der Waals surface area contributed by atoms with Gasteiger partial charge in [0.15, 0.2) is 0 Å². The van der Waals surface area contributed by atoms with E-state index in [1.807, 2.05) is 30.3 Å². The summed E-state index contributed by atoms with van der Waals surface area (Å²) in [6.45, 7) is 2.21. The number of benzene rings is 2. The van der Waals surface area contributed by atoms with Gasteiger partial charge in [-0.2, -0.15) is 0 Å². The number of fused-ring (bicyclic) bond motifs is 1. The van der Waals surface area contributed by atoms with E-state index in [-0.39, 0.29) is 5.91 Å². The summed E-state index contributed by atoms with van der Waals surface area (Å²) in [5.41, 5.74) is 1.00. The van der Waals surface area contributed by atoms with Gasteiger partial charge in [0.25, 0.3) is 0 Å². The van der Waals surface area contributed by atoms with Crippen LogP contribution < -0.4 is 5.32 Å². The molecule has 0 aliphatic rings. The summed E-state index contributed by atoms with van der Waals surface area (Å²) in [6, 6.07) is 13.6. The molecule has 4 heteroatoms. The Hall–Kier alpha value is -2.36.